The van der Waals surface area contributed by atoms with Crippen LogP contribution in [-0.4, -0.2) is 12.6 Å². The number of aryl methyl sites for hydroxylation is 1. The third-order valence-electron chi connectivity index (χ3n) is 2.01. The van der Waals surface area contributed by atoms with Crippen molar-refractivity contribution < 1.29 is 9.53 Å². The summed E-state index contributed by atoms with van der Waals surface area (Å²) < 4.78 is 4.77. The molecule has 1 aromatic rings. The van der Waals surface area contributed by atoms with Crippen molar-refractivity contribution in [2.75, 3.05) is 12.3 Å². The van der Waals surface area contributed by atoms with E-state index in [9.17, 15) is 4.79 Å². The molecule has 0 aliphatic carbocycles. The van der Waals surface area contributed by atoms with Gasteiger partial charge in [-0.3, -0.25) is 4.79 Å². The van der Waals surface area contributed by atoms with Gasteiger partial charge in [0, 0.05) is 11.3 Å². The lowest BCUT2D eigenvalue weighted by Gasteiger charge is -1.99. The molecule has 84 valence electrons. The highest BCUT2D eigenvalue weighted by atomic mass is 16.5. The van der Waals surface area contributed by atoms with Crippen LogP contribution in [0, 0.1) is 18.8 Å². The highest BCUT2D eigenvalue weighted by molar-refractivity contribution is 5.72. The van der Waals surface area contributed by atoms with Gasteiger partial charge in [0.25, 0.3) is 0 Å². The molecule has 0 aromatic heterocycles. The molecule has 1 rings (SSSR count). The van der Waals surface area contributed by atoms with E-state index in [1.807, 2.05) is 19.1 Å². The molecule has 16 heavy (non-hydrogen) atoms. The average molecular weight is 217 g/mol. The van der Waals surface area contributed by atoms with Crippen molar-refractivity contribution in [1.82, 2.24) is 0 Å². The smallest absolute Gasteiger partial charge is 0.317 e. The number of nitrogen functional groups attached to an aromatic ring is 1. The van der Waals surface area contributed by atoms with Gasteiger partial charge in [0.05, 0.1) is 6.61 Å². The molecule has 0 spiro atoms. The maximum absolute atomic E-state index is 11.0. The van der Waals surface area contributed by atoms with E-state index in [1.165, 1.54) is 0 Å². The molecule has 0 amide bonds. The van der Waals surface area contributed by atoms with Crippen LogP contribution in [0.25, 0.3) is 0 Å². The summed E-state index contributed by atoms with van der Waals surface area (Å²) in [6.07, 6.45) is 0.123. The Bertz CT molecular complexity index is 441. The first-order valence-electron chi connectivity index (χ1n) is 5.14. The van der Waals surface area contributed by atoms with E-state index < -0.39 is 0 Å². The van der Waals surface area contributed by atoms with E-state index >= 15 is 0 Å². The predicted molar refractivity (Wildman–Crippen MR) is 63.7 cm³/mol. The van der Waals surface area contributed by atoms with E-state index in [1.54, 1.807) is 13.0 Å². The standard InChI is InChI=1S/C13H15NO2/c1-3-16-13(15)6-4-5-11-7-8-12(14)9-10(11)2/h7-9H,3,6,14H2,1-2H3. The second kappa shape index (κ2) is 5.82. The van der Waals surface area contributed by atoms with Crippen LogP contribution in [0.1, 0.15) is 24.5 Å². The Balaban J connectivity index is 2.66. The minimum atomic E-state index is -0.289. The number of esters is 1. The van der Waals surface area contributed by atoms with Crippen molar-refractivity contribution in [3.05, 3.63) is 29.3 Å². The first-order chi connectivity index (χ1) is 7.63. The summed E-state index contributed by atoms with van der Waals surface area (Å²) >= 11 is 0. The van der Waals surface area contributed by atoms with Crippen molar-refractivity contribution in [3.8, 4) is 11.8 Å². The van der Waals surface area contributed by atoms with Crippen LogP contribution >= 0.6 is 0 Å². The van der Waals surface area contributed by atoms with Crippen molar-refractivity contribution in [2.45, 2.75) is 20.3 Å². The van der Waals surface area contributed by atoms with Gasteiger partial charge in [-0.05, 0) is 37.6 Å². The fourth-order valence-corrected chi connectivity index (χ4v) is 1.25. The first-order valence-corrected chi connectivity index (χ1v) is 5.14. The lowest BCUT2D eigenvalue weighted by Crippen LogP contribution is -2.01. The lowest BCUT2D eigenvalue weighted by atomic mass is 10.1. The minimum absolute atomic E-state index is 0.123. The van der Waals surface area contributed by atoms with Crippen LogP contribution < -0.4 is 5.73 Å². The van der Waals surface area contributed by atoms with Gasteiger partial charge in [0.1, 0.15) is 6.42 Å². The van der Waals surface area contributed by atoms with E-state index in [-0.39, 0.29) is 12.4 Å². The number of anilines is 1. The largest absolute Gasteiger partial charge is 0.465 e. The number of ether oxygens (including phenoxy) is 1. The van der Waals surface area contributed by atoms with Gasteiger partial charge in [0.15, 0.2) is 0 Å². The topological polar surface area (TPSA) is 52.3 Å². The predicted octanol–water partition coefficient (Wildman–Crippen LogP) is 1.88. The van der Waals surface area contributed by atoms with Crippen LogP contribution in [-0.2, 0) is 9.53 Å². The van der Waals surface area contributed by atoms with Gasteiger partial charge in [-0.15, -0.1) is 0 Å². The van der Waals surface area contributed by atoms with Gasteiger partial charge >= 0.3 is 5.97 Å². The van der Waals surface area contributed by atoms with Crippen molar-refractivity contribution in [2.24, 2.45) is 0 Å². The number of rotatable bonds is 2. The molecule has 3 heteroatoms. The molecule has 2 N–H and O–H groups in total. The molecule has 0 bridgehead atoms. The van der Waals surface area contributed by atoms with Crippen LogP contribution in [0.15, 0.2) is 18.2 Å². The molecule has 0 radical (unpaired) electrons. The molecule has 3 nitrogen and oxygen atoms in total. The van der Waals surface area contributed by atoms with E-state index in [2.05, 4.69) is 11.8 Å². The Hall–Kier alpha value is -1.95. The maximum Gasteiger partial charge on any atom is 0.317 e. The molecule has 0 heterocycles. The number of carbonyl (C=O) groups excluding carboxylic acids is 1. The first kappa shape index (κ1) is 12.1. The molecule has 0 fully saturated rings. The van der Waals surface area contributed by atoms with Crippen molar-refractivity contribution in [1.29, 1.82) is 0 Å². The summed E-state index contributed by atoms with van der Waals surface area (Å²) in [5.74, 6) is 5.42. The molecule has 0 aliphatic heterocycles. The van der Waals surface area contributed by atoms with Gasteiger partial charge in [-0.2, -0.15) is 0 Å². The molecular weight excluding hydrogens is 202 g/mol. The summed E-state index contributed by atoms with van der Waals surface area (Å²) in [5.41, 5.74) is 8.24. The van der Waals surface area contributed by atoms with Gasteiger partial charge in [0.2, 0.25) is 0 Å². The Morgan fingerprint density at radius 2 is 2.25 bits per heavy atom. The monoisotopic (exact) mass is 217 g/mol. The highest BCUT2D eigenvalue weighted by Crippen LogP contribution is 2.10. The maximum atomic E-state index is 11.0. The van der Waals surface area contributed by atoms with Gasteiger partial charge in [-0.1, -0.05) is 11.8 Å². The second-order valence-electron chi connectivity index (χ2n) is 3.36. The number of hydrogen-bond donors (Lipinski definition) is 1. The van der Waals surface area contributed by atoms with Crippen molar-refractivity contribution >= 4 is 11.7 Å². The molecule has 0 saturated carbocycles. The molecular formula is C13H15NO2. The Morgan fingerprint density at radius 1 is 1.50 bits per heavy atom. The third-order valence-corrected chi connectivity index (χ3v) is 2.01. The lowest BCUT2D eigenvalue weighted by molar-refractivity contribution is -0.141. The summed E-state index contributed by atoms with van der Waals surface area (Å²) in [6, 6.07) is 5.50. The minimum Gasteiger partial charge on any atom is -0.465 e. The van der Waals surface area contributed by atoms with E-state index in [0.717, 1.165) is 11.1 Å². The normalized spacial score (nSPS) is 9.12. The number of benzene rings is 1. The molecule has 0 saturated heterocycles. The number of hydrogen-bond acceptors (Lipinski definition) is 3. The zero-order valence-corrected chi connectivity index (χ0v) is 9.54. The quantitative estimate of drug-likeness (QED) is 0.467. The van der Waals surface area contributed by atoms with E-state index in [4.69, 9.17) is 10.5 Å². The number of nitrogens with two attached hydrogens (primary N) is 1. The Morgan fingerprint density at radius 3 is 2.88 bits per heavy atom. The average Bonchev–Trinajstić information content (AvgIpc) is 2.22. The van der Waals surface area contributed by atoms with Crippen molar-refractivity contribution in [3.63, 3.8) is 0 Å². The summed E-state index contributed by atoms with van der Waals surface area (Å²) in [6.45, 7) is 4.10. The molecule has 0 unspecified atom stereocenters. The number of carbonyl (C=O) groups is 1. The fraction of sp³-hybridized carbons (Fsp3) is 0.308. The summed E-state index contributed by atoms with van der Waals surface area (Å²) in [4.78, 5) is 11.0. The summed E-state index contributed by atoms with van der Waals surface area (Å²) in [7, 11) is 0. The Labute approximate surface area is 95.6 Å². The van der Waals surface area contributed by atoms with E-state index in [0.29, 0.717) is 12.3 Å². The zero-order valence-electron chi connectivity index (χ0n) is 9.54. The van der Waals surface area contributed by atoms with Crippen LogP contribution in [0.5, 0.6) is 0 Å². The third kappa shape index (κ3) is 3.66. The van der Waals surface area contributed by atoms with Crippen LogP contribution in [0.4, 0.5) is 5.69 Å². The zero-order chi connectivity index (χ0) is 12.0. The highest BCUT2D eigenvalue weighted by Gasteiger charge is 1.97. The Kier molecular flexibility index (Phi) is 4.41. The van der Waals surface area contributed by atoms with Gasteiger partial charge < -0.3 is 10.5 Å². The SMILES string of the molecule is CCOC(=O)CC#Cc1ccc(N)cc1C. The summed E-state index contributed by atoms with van der Waals surface area (Å²) in [5, 5.41) is 0. The second-order valence-corrected chi connectivity index (χ2v) is 3.36. The molecule has 0 aliphatic rings. The van der Waals surface area contributed by atoms with Crippen LogP contribution in [0.3, 0.4) is 0 Å². The fourth-order valence-electron chi connectivity index (χ4n) is 1.25. The molecule has 0 atom stereocenters. The molecule has 1 aromatic carbocycles. The van der Waals surface area contributed by atoms with Gasteiger partial charge in [-0.25, -0.2) is 0 Å². The van der Waals surface area contributed by atoms with Crippen LogP contribution in [0.2, 0.25) is 0 Å².